The highest BCUT2D eigenvalue weighted by Gasteiger charge is 2.28. The Kier molecular flexibility index (Phi) is 5.32. The maximum absolute atomic E-state index is 12.1. The fourth-order valence-electron chi connectivity index (χ4n) is 1.22. The van der Waals surface area contributed by atoms with E-state index in [0.717, 1.165) is 0 Å². The summed E-state index contributed by atoms with van der Waals surface area (Å²) < 4.78 is 36.4. The number of aliphatic hydroxyl groups is 1. The highest BCUT2D eigenvalue weighted by atomic mass is 32.2. The van der Waals surface area contributed by atoms with E-state index < -0.39 is 11.3 Å². The van der Waals surface area contributed by atoms with Crippen LogP contribution in [0, 0.1) is 0 Å². The maximum Gasteiger partial charge on any atom is 0.446 e. The molecule has 0 aromatic heterocycles. The summed E-state index contributed by atoms with van der Waals surface area (Å²) in [6.45, 7) is 2.51. The van der Waals surface area contributed by atoms with Gasteiger partial charge in [0.25, 0.3) is 0 Å². The van der Waals surface area contributed by atoms with Crippen LogP contribution in [0.2, 0.25) is 0 Å². The SMILES string of the molecule is CC(=O)/C(N=Nc1ccc(SC(F)(F)F)cc1)=C(\C)O. The Bertz CT molecular complexity index is 547. The molecule has 1 aromatic rings. The van der Waals surface area contributed by atoms with Crippen LogP contribution >= 0.6 is 11.8 Å². The van der Waals surface area contributed by atoms with Crippen LogP contribution in [0.5, 0.6) is 0 Å². The topological polar surface area (TPSA) is 62.0 Å². The van der Waals surface area contributed by atoms with Gasteiger partial charge in [0.1, 0.15) is 5.76 Å². The van der Waals surface area contributed by atoms with Crippen molar-refractivity contribution >= 4 is 23.2 Å². The molecule has 0 heterocycles. The lowest BCUT2D eigenvalue weighted by Crippen LogP contribution is -1.98. The molecular weight excluding hydrogens is 293 g/mol. The maximum atomic E-state index is 12.1. The first kappa shape index (κ1) is 16.2. The number of halogens is 3. The van der Waals surface area contributed by atoms with Crippen LogP contribution in [0.3, 0.4) is 0 Å². The average Bonchev–Trinajstić information content (AvgIpc) is 2.28. The molecule has 20 heavy (non-hydrogen) atoms. The number of aliphatic hydroxyl groups excluding tert-OH is 1. The van der Waals surface area contributed by atoms with E-state index >= 15 is 0 Å². The summed E-state index contributed by atoms with van der Waals surface area (Å²) in [6, 6.07) is 5.16. The molecule has 0 unspecified atom stereocenters. The molecule has 108 valence electrons. The molecule has 0 aliphatic rings. The molecule has 1 aromatic carbocycles. The number of hydrogen-bond acceptors (Lipinski definition) is 5. The molecule has 1 rings (SSSR count). The van der Waals surface area contributed by atoms with Crippen molar-refractivity contribution in [2.24, 2.45) is 10.2 Å². The molecule has 0 amide bonds. The Morgan fingerprint density at radius 2 is 1.75 bits per heavy atom. The van der Waals surface area contributed by atoms with Crippen molar-refractivity contribution in [1.82, 2.24) is 0 Å². The number of nitrogens with zero attached hydrogens (tertiary/aromatic N) is 2. The molecule has 0 saturated carbocycles. The first-order valence-electron chi connectivity index (χ1n) is 5.37. The first-order chi connectivity index (χ1) is 9.19. The zero-order valence-electron chi connectivity index (χ0n) is 10.6. The smallest absolute Gasteiger partial charge is 0.446 e. The van der Waals surface area contributed by atoms with Gasteiger partial charge in [-0.1, -0.05) is 0 Å². The summed E-state index contributed by atoms with van der Waals surface area (Å²) in [6.07, 6.45) is 0. The van der Waals surface area contributed by atoms with E-state index in [4.69, 9.17) is 0 Å². The van der Waals surface area contributed by atoms with Crippen LogP contribution in [-0.4, -0.2) is 16.4 Å². The molecule has 0 spiro atoms. The monoisotopic (exact) mass is 304 g/mol. The van der Waals surface area contributed by atoms with Crippen molar-refractivity contribution in [2.45, 2.75) is 24.3 Å². The first-order valence-corrected chi connectivity index (χ1v) is 6.19. The molecule has 0 atom stereocenters. The highest BCUT2D eigenvalue weighted by Crippen LogP contribution is 2.37. The standard InChI is InChI=1S/C12H11F3N2O2S/c1-7(18)11(8(2)19)17-16-9-3-5-10(6-4-9)20-12(13,14)15/h3-6,18H,1-2H3/b11-7-,17-16?. The largest absolute Gasteiger partial charge is 0.510 e. The third-order valence-corrected chi connectivity index (χ3v) is 2.75. The lowest BCUT2D eigenvalue weighted by Gasteiger charge is -2.04. The number of hydrogen-bond donors (Lipinski definition) is 1. The molecule has 4 nitrogen and oxygen atoms in total. The van der Waals surface area contributed by atoms with Crippen LogP contribution < -0.4 is 0 Å². The highest BCUT2D eigenvalue weighted by molar-refractivity contribution is 8.00. The molecule has 0 radical (unpaired) electrons. The van der Waals surface area contributed by atoms with E-state index in [0.29, 0.717) is 0 Å². The number of benzene rings is 1. The molecule has 0 aliphatic carbocycles. The number of Topliss-reactive ketones (excluding diaryl/α,β-unsaturated/α-hetero) is 1. The minimum atomic E-state index is -4.35. The Morgan fingerprint density at radius 3 is 2.15 bits per heavy atom. The second-order valence-corrected chi connectivity index (χ2v) is 4.87. The average molecular weight is 304 g/mol. The Labute approximate surface area is 117 Å². The summed E-state index contributed by atoms with van der Waals surface area (Å²) in [5.74, 6) is -0.733. The van der Waals surface area contributed by atoms with E-state index in [9.17, 15) is 23.1 Å². The summed E-state index contributed by atoms with van der Waals surface area (Å²) in [5.41, 5.74) is -4.27. The van der Waals surface area contributed by atoms with Gasteiger partial charge < -0.3 is 5.11 Å². The fraction of sp³-hybridized carbons (Fsp3) is 0.250. The summed E-state index contributed by atoms with van der Waals surface area (Å²) >= 11 is -0.232. The molecule has 0 aliphatic heterocycles. The van der Waals surface area contributed by atoms with Crippen molar-refractivity contribution in [2.75, 3.05) is 0 Å². The number of rotatable bonds is 4. The minimum Gasteiger partial charge on any atom is -0.510 e. The normalized spacial score (nSPS) is 13.4. The number of allylic oxidation sites excluding steroid dienone is 2. The van der Waals surface area contributed by atoms with Gasteiger partial charge in [0, 0.05) is 11.8 Å². The minimum absolute atomic E-state index is 0.0251. The van der Waals surface area contributed by atoms with Crippen molar-refractivity contribution in [3.05, 3.63) is 35.7 Å². The number of alkyl halides is 3. The number of carbonyl (C=O) groups excluding carboxylic acids is 1. The van der Waals surface area contributed by atoms with Crippen LogP contribution in [-0.2, 0) is 4.79 Å². The number of azo groups is 1. The molecule has 0 saturated heterocycles. The lowest BCUT2D eigenvalue weighted by atomic mass is 10.3. The molecule has 1 N–H and O–H groups in total. The summed E-state index contributed by atoms with van der Waals surface area (Å²) in [7, 11) is 0. The third-order valence-electron chi connectivity index (χ3n) is 2.01. The Morgan fingerprint density at radius 1 is 1.20 bits per heavy atom. The van der Waals surface area contributed by atoms with Crippen molar-refractivity contribution < 1.29 is 23.1 Å². The van der Waals surface area contributed by atoms with Gasteiger partial charge in [-0.05, 0) is 43.0 Å². The van der Waals surface area contributed by atoms with Gasteiger partial charge in [0.2, 0.25) is 0 Å². The van der Waals surface area contributed by atoms with Gasteiger partial charge in [-0.15, -0.1) is 5.11 Å². The fourth-order valence-corrected chi connectivity index (χ4v) is 1.76. The molecule has 0 bridgehead atoms. The zero-order valence-corrected chi connectivity index (χ0v) is 11.4. The van der Waals surface area contributed by atoms with Gasteiger partial charge in [0.15, 0.2) is 11.5 Å². The van der Waals surface area contributed by atoms with Gasteiger partial charge in [-0.25, -0.2) is 0 Å². The van der Waals surface area contributed by atoms with Crippen LogP contribution in [0.15, 0.2) is 50.8 Å². The molecular formula is C12H11F3N2O2S. The van der Waals surface area contributed by atoms with Crippen molar-refractivity contribution in [3.63, 3.8) is 0 Å². The van der Waals surface area contributed by atoms with Gasteiger partial charge in [0.05, 0.1) is 5.69 Å². The van der Waals surface area contributed by atoms with E-state index in [1.807, 2.05) is 0 Å². The lowest BCUT2D eigenvalue weighted by molar-refractivity contribution is -0.113. The Hall–Kier alpha value is -1.83. The zero-order chi connectivity index (χ0) is 15.3. The number of ketones is 1. The van der Waals surface area contributed by atoms with E-state index in [1.54, 1.807) is 0 Å². The van der Waals surface area contributed by atoms with Crippen LogP contribution in [0.25, 0.3) is 0 Å². The van der Waals surface area contributed by atoms with Crippen molar-refractivity contribution in [3.8, 4) is 0 Å². The third kappa shape index (κ3) is 5.43. The number of thioether (sulfide) groups is 1. The summed E-state index contributed by atoms with van der Waals surface area (Å²) in [4.78, 5) is 11.1. The van der Waals surface area contributed by atoms with Crippen LogP contribution in [0.4, 0.5) is 18.9 Å². The second kappa shape index (κ2) is 6.56. The van der Waals surface area contributed by atoms with Crippen molar-refractivity contribution in [1.29, 1.82) is 0 Å². The van der Waals surface area contributed by atoms with Gasteiger partial charge in [-0.3, -0.25) is 4.79 Å². The quantitative estimate of drug-likeness (QED) is 0.377. The second-order valence-electron chi connectivity index (χ2n) is 3.73. The predicted octanol–water partition coefficient (Wildman–Crippen LogP) is 4.76. The molecule has 8 heteroatoms. The van der Waals surface area contributed by atoms with Gasteiger partial charge >= 0.3 is 5.51 Å². The summed E-state index contributed by atoms with van der Waals surface area (Å²) in [5, 5.41) is 16.5. The predicted molar refractivity (Wildman–Crippen MR) is 68.9 cm³/mol. The van der Waals surface area contributed by atoms with Crippen LogP contribution in [0.1, 0.15) is 13.8 Å². The van der Waals surface area contributed by atoms with Gasteiger partial charge in [-0.2, -0.15) is 18.3 Å². The van der Waals surface area contributed by atoms with E-state index in [-0.39, 0.29) is 33.8 Å². The number of carbonyl (C=O) groups is 1. The van der Waals surface area contributed by atoms with E-state index in [2.05, 4.69) is 10.2 Å². The van der Waals surface area contributed by atoms with E-state index in [1.165, 1.54) is 38.1 Å². The molecule has 0 fully saturated rings. The Balaban J connectivity index is 2.85.